The van der Waals surface area contributed by atoms with Crippen molar-refractivity contribution in [3.63, 3.8) is 0 Å². The molecule has 1 N–H and O–H groups in total. The Morgan fingerprint density at radius 2 is 1.13 bits per heavy atom. The molecule has 1 aromatic carbocycles. The predicted molar refractivity (Wildman–Crippen MR) is 59.6 cm³/mol. The first kappa shape index (κ1) is 16.8. The Bertz CT molecular complexity index is 397. The Balaban J connectivity index is 0. The Morgan fingerprint density at radius 1 is 0.867 bits per heavy atom. The number of carbonyl (C=O) groups is 1. The smallest absolute Gasteiger partial charge is 1.00 e. The van der Waals surface area contributed by atoms with Crippen LogP contribution in [0.15, 0.2) is 0 Å². The summed E-state index contributed by atoms with van der Waals surface area (Å²) in [7, 11) is 0. The fourth-order valence-corrected chi connectivity index (χ4v) is 2.09. The summed E-state index contributed by atoms with van der Waals surface area (Å²) in [5.74, 6) is -1.32. The largest absolute Gasteiger partial charge is 1.00 e. The standard InChI is InChI=1S/C7HCl5O2.K.H/c8-2-1(7(13)14)3(9)5(11)6(12)4(2)10;;/h(H,13,14);;/q;+1;-1. The van der Waals surface area contributed by atoms with Crippen molar-refractivity contribution in [2.24, 2.45) is 0 Å². The van der Waals surface area contributed by atoms with Crippen LogP contribution in [0.5, 0.6) is 0 Å². The minimum Gasteiger partial charge on any atom is -1.00 e. The monoisotopic (exact) mass is 332 g/mol. The first-order valence-corrected chi connectivity index (χ1v) is 5.01. The van der Waals surface area contributed by atoms with Crippen molar-refractivity contribution in [2.45, 2.75) is 0 Å². The summed E-state index contributed by atoms with van der Waals surface area (Å²) < 4.78 is 0. The van der Waals surface area contributed by atoms with E-state index in [1.807, 2.05) is 0 Å². The van der Waals surface area contributed by atoms with Crippen LogP contribution >= 0.6 is 58.0 Å². The summed E-state index contributed by atoms with van der Waals surface area (Å²) in [6.45, 7) is 0. The summed E-state index contributed by atoms with van der Waals surface area (Å²) in [6, 6.07) is 0. The maximum absolute atomic E-state index is 10.7. The molecule has 2 nitrogen and oxygen atoms in total. The second-order valence-corrected chi connectivity index (χ2v) is 4.14. The second-order valence-electron chi connectivity index (χ2n) is 2.25. The number of rotatable bonds is 1. The second kappa shape index (κ2) is 6.64. The number of hydrogen-bond donors (Lipinski definition) is 1. The fourth-order valence-electron chi connectivity index (χ4n) is 0.793. The zero-order valence-electron chi connectivity index (χ0n) is 8.25. The average Bonchev–Trinajstić information content (AvgIpc) is 2.11. The van der Waals surface area contributed by atoms with E-state index in [0.717, 1.165) is 0 Å². The summed E-state index contributed by atoms with van der Waals surface area (Å²) in [6.07, 6.45) is 0. The van der Waals surface area contributed by atoms with Gasteiger partial charge in [0.2, 0.25) is 0 Å². The number of aromatic carboxylic acids is 1. The van der Waals surface area contributed by atoms with Gasteiger partial charge in [0.25, 0.3) is 0 Å². The van der Waals surface area contributed by atoms with E-state index in [4.69, 9.17) is 63.1 Å². The summed E-state index contributed by atoms with van der Waals surface area (Å²) in [4.78, 5) is 10.7. The maximum atomic E-state index is 10.7. The molecule has 0 radical (unpaired) electrons. The molecule has 0 aliphatic heterocycles. The van der Waals surface area contributed by atoms with E-state index in [1.165, 1.54) is 0 Å². The number of benzene rings is 1. The third kappa shape index (κ3) is 3.38. The van der Waals surface area contributed by atoms with Crippen molar-refractivity contribution in [3.8, 4) is 0 Å². The molecule has 0 unspecified atom stereocenters. The van der Waals surface area contributed by atoms with E-state index >= 15 is 0 Å². The number of carboxylic acid groups (broad SMARTS) is 1. The molecule has 15 heavy (non-hydrogen) atoms. The Kier molecular flexibility index (Phi) is 7.43. The van der Waals surface area contributed by atoms with E-state index in [9.17, 15) is 4.79 Å². The van der Waals surface area contributed by atoms with Crippen LogP contribution < -0.4 is 51.4 Å². The molecular weight excluding hydrogens is 332 g/mol. The zero-order valence-corrected chi connectivity index (χ0v) is 14.1. The van der Waals surface area contributed by atoms with Crippen LogP contribution in [0.3, 0.4) is 0 Å². The molecule has 1 aromatic rings. The minimum absolute atomic E-state index is 0. The summed E-state index contributed by atoms with van der Waals surface area (Å²) >= 11 is 28.2. The number of carboxylic acids is 1. The van der Waals surface area contributed by atoms with E-state index in [0.29, 0.717) is 0 Å². The van der Waals surface area contributed by atoms with Gasteiger partial charge in [-0.2, -0.15) is 0 Å². The zero-order chi connectivity index (χ0) is 11.0. The van der Waals surface area contributed by atoms with Gasteiger partial charge in [0.1, 0.15) is 0 Å². The van der Waals surface area contributed by atoms with E-state index in [2.05, 4.69) is 0 Å². The van der Waals surface area contributed by atoms with Crippen LogP contribution in [0.25, 0.3) is 0 Å². The molecule has 78 valence electrons. The van der Waals surface area contributed by atoms with Crippen LogP contribution in [0, 0.1) is 0 Å². The molecule has 0 aromatic heterocycles. The van der Waals surface area contributed by atoms with Gasteiger partial charge >= 0.3 is 57.4 Å². The van der Waals surface area contributed by atoms with Gasteiger partial charge in [-0.05, 0) is 0 Å². The molecule has 0 amide bonds. The first-order chi connectivity index (χ1) is 6.37. The fraction of sp³-hybridized carbons (Fsp3) is 0. The molecule has 0 spiro atoms. The number of hydrogen-bond acceptors (Lipinski definition) is 1. The van der Waals surface area contributed by atoms with E-state index in [1.54, 1.807) is 0 Å². The van der Waals surface area contributed by atoms with Crippen molar-refractivity contribution in [1.82, 2.24) is 0 Å². The quantitative estimate of drug-likeness (QED) is 0.483. The van der Waals surface area contributed by atoms with Crippen molar-refractivity contribution in [2.75, 3.05) is 0 Å². The van der Waals surface area contributed by atoms with Gasteiger partial charge in [-0.3, -0.25) is 0 Å². The van der Waals surface area contributed by atoms with Crippen LogP contribution in [0.2, 0.25) is 25.1 Å². The van der Waals surface area contributed by atoms with Gasteiger partial charge in [-0.15, -0.1) is 0 Å². The molecule has 0 aliphatic rings. The molecule has 0 saturated heterocycles. The molecule has 0 heterocycles. The molecule has 0 aliphatic carbocycles. The van der Waals surface area contributed by atoms with Gasteiger partial charge in [0.15, 0.2) is 0 Å². The Hall–Kier alpha value is 1.78. The molecular formula is C7H2Cl5KO2. The molecule has 0 fully saturated rings. The first-order valence-electron chi connectivity index (χ1n) is 3.12. The van der Waals surface area contributed by atoms with Crippen LogP contribution in [0.4, 0.5) is 0 Å². The average molecular weight is 334 g/mol. The van der Waals surface area contributed by atoms with Crippen molar-refractivity contribution < 1.29 is 62.7 Å². The molecule has 0 bridgehead atoms. The van der Waals surface area contributed by atoms with Gasteiger partial charge in [0, 0.05) is 0 Å². The van der Waals surface area contributed by atoms with Gasteiger partial charge in [-0.25, -0.2) is 4.79 Å². The third-order valence-electron chi connectivity index (χ3n) is 1.42. The molecule has 1 rings (SSSR count). The third-order valence-corrected chi connectivity index (χ3v) is 3.70. The normalized spacial score (nSPS) is 9.67. The Morgan fingerprint density at radius 3 is 1.40 bits per heavy atom. The van der Waals surface area contributed by atoms with Gasteiger partial charge in [0.05, 0.1) is 30.7 Å². The minimum atomic E-state index is -1.32. The topological polar surface area (TPSA) is 37.3 Å². The molecule has 0 atom stereocenters. The van der Waals surface area contributed by atoms with Crippen molar-refractivity contribution in [3.05, 3.63) is 30.7 Å². The van der Waals surface area contributed by atoms with Gasteiger partial charge in [-0.1, -0.05) is 58.0 Å². The SMILES string of the molecule is O=C(O)c1c(Cl)c(Cl)c(Cl)c(Cl)c1Cl.[H-].[K+]. The summed E-state index contributed by atoms with van der Waals surface area (Å²) in [5.41, 5.74) is -0.354. The van der Waals surface area contributed by atoms with Crippen molar-refractivity contribution in [1.29, 1.82) is 0 Å². The Labute approximate surface area is 155 Å². The molecule has 8 heteroatoms. The van der Waals surface area contributed by atoms with Crippen LogP contribution in [-0.2, 0) is 0 Å². The summed E-state index contributed by atoms with van der Waals surface area (Å²) in [5, 5.41) is 8.00. The molecule has 0 saturated carbocycles. The predicted octanol–water partition coefficient (Wildman–Crippen LogP) is 1.77. The number of halogens is 5. The van der Waals surface area contributed by atoms with E-state index < -0.39 is 5.97 Å². The van der Waals surface area contributed by atoms with Crippen LogP contribution in [-0.4, -0.2) is 11.1 Å². The van der Waals surface area contributed by atoms with Crippen molar-refractivity contribution >= 4 is 64.0 Å². The van der Waals surface area contributed by atoms with Crippen LogP contribution in [0.1, 0.15) is 11.8 Å². The van der Waals surface area contributed by atoms with E-state index in [-0.39, 0.29) is 83.5 Å². The van der Waals surface area contributed by atoms with Gasteiger partial charge < -0.3 is 6.53 Å². The maximum Gasteiger partial charge on any atom is 1.00 e.